The van der Waals surface area contributed by atoms with Crippen molar-refractivity contribution in [3.8, 4) is 28.5 Å². The predicted octanol–water partition coefficient (Wildman–Crippen LogP) is 3.04. The van der Waals surface area contributed by atoms with Crippen molar-refractivity contribution in [2.24, 2.45) is 0 Å². The minimum absolute atomic E-state index is 0.0752. The van der Waals surface area contributed by atoms with Gasteiger partial charge in [-0.25, -0.2) is 0 Å². The van der Waals surface area contributed by atoms with E-state index in [4.69, 9.17) is 14.0 Å². The summed E-state index contributed by atoms with van der Waals surface area (Å²) < 4.78 is 15.6. The quantitative estimate of drug-likeness (QED) is 0.666. The smallest absolute Gasteiger partial charge is 0.289 e. The second-order valence-corrected chi connectivity index (χ2v) is 5.79. The molecule has 0 unspecified atom stereocenters. The number of nitrogens with zero attached hydrogens (tertiary/aromatic N) is 1. The first kappa shape index (κ1) is 18.3. The SMILES string of the molecule is COc1ccc(CCNC(=O)c2cc(-c3ccccc3O)no2)cc1OC. The highest BCUT2D eigenvalue weighted by Gasteiger charge is 2.15. The summed E-state index contributed by atoms with van der Waals surface area (Å²) in [5.74, 6) is 1.09. The van der Waals surface area contributed by atoms with Crippen LogP contribution in [0.5, 0.6) is 17.2 Å². The van der Waals surface area contributed by atoms with Crippen LogP contribution in [0.3, 0.4) is 0 Å². The highest BCUT2D eigenvalue weighted by molar-refractivity contribution is 5.92. The molecule has 2 N–H and O–H groups in total. The van der Waals surface area contributed by atoms with Crippen LogP contribution in [-0.4, -0.2) is 36.9 Å². The maximum atomic E-state index is 12.2. The molecule has 0 bridgehead atoms. The van der Waals surface area contributed by atoms with Crippen molar-refractivity contribution in [1.82, 2.24) is 10.5 Å². The summed E-state index contributed by atoms with van der Waals surface area (Å²) in [7, 11) is 3.16. The van der Waals surface area contributed by atoms with Crippen molar-refractivity contribution in [1.29, 1.82) is 0 Å². The predicted molar refractivity (Wildman–Crippen MR) is 99.2 cm³/mol. The van der Waals surface area contributed by atoms with Gasteiger partial charge in [-0.15, -0.1) is 0 Å². The number of nitrogens with one attached hydrogen (secondary N) is 1. The number of phenols is 1. The van der Waals surface area contributed by atoms with Crippen LogP contribution < -0.4 is 14.8 Å². The monoisotopic (exact) mass is 368 g/mol. The fourth-order valence-electron chi connectivity index (χ4n) is 2.64. The molecule has 1 amide bonds. The molecule has 140 valence electrons. The molecule has 27 heavy (non-hydrogen) atoms. The molecule has 1 heterocycles. The van der Waals surface area contributed by atoms with Crippen molar-refractivity contribution in [3.63, 3.8) is 0 Å². The third-order valence-electron chi connectivity index (χ3n) is 4.06. The molecule has 0 fully saturated rings. The summed E-state index contributed by atoms with van der Waals surface area (Å²) in [5, 5.41) is 16.5. The minimum atomic E-state index is -0.371. The number of rotatable bonds is 7. The molecule has 1 aromatic heterocycles. The van der Waals surface area contributed by atoms with E-state index in [1.54, 1.807) is 38.5 Å². The lowest BCUT2D eigenvalue weighted by Crippen LogP contribution is -2.25. The fraction of sp³-hybridized carbons (Fsp3) is 0.200. The van der Waals surface area contributed by atoms with Crippen LogP contribution in [0.4, 0.5) is 0 Å². The van der Waals surface area contributed by atoms with Gasteiger partial charge in [-0.05, 0) is 36.2 Å². The zero-order valence-corrected chi connectivity index (χ0v) is 15.1. The largest absolute Gasteiger partial charge is 0.507 e. The first-order chi connectivity index (χ1) is 13.1. The molecule has 7 nitrogen and oxygen atoms in total. The van der Waals surface area contributed by atoms with Gasteiger partial charge in [-0.3, -0.25) is 4.79 Å². The van der Waals surface area contributed by atoms with Crippen LogP contribution in [0, 0.1) is 0 Å². The maximum absolute atomic E-state index is 12.2. The summed E-state index contributed by atoms with van der Waals surface area (Å²) in [5.41, 5.74) is 1.91. The van der Waals surface area contributed by atoms with Crippen LogP contribution in [0.2, 0.25) is 0 Å². The van der Waals surface area contributed by atoms with Crippen molar-refractivity contribution in [3.05, 3.63) is 59.9 Å². The lowest BCUT2D eigenvalue weighted by molar-refractivity contribution is 0.0917. The van der Waals surface area contributed by atoms with E-state index < -0.39 is 0 Å². The number of carbonyl (C=O) groups excluding carboxylic acids is 1. The zero-order chi connectivity index (χ0) is 19.2. The Kier molecular flexibility index (Phi) is 5.61. The van der Waals surface area contributed by atoms with Crippen LogP contribution >= 0.6 is 0 Å². The van der Waals surface area contributed by atoms with Crippen LogP contribution in [0.15, 0.2) is 53.1 Å². The maximum Gasteiger partial charge on any atom is 0.289 e. The van der Waals surface area contributed by atoms with Crippen molar-refractivity contribution in [2.45, 2.75) is 6.42 Å². The molecule has 0 spiro atoms. The molecule has 7 heteroatoms. The molecule has 3 rings (SSSR count). The molecule has 0 aliphatic rings. The number of carbonyl (C=O) groups is 1. The molecule has 0 radical (unpaired) electrons. The third-order valence-corrected chi connectivity index (χ3v) is 4.06. The number of benzene rings is 2. The summed E-state index contributed by atoms with van der Waals surface area (Å²) in [6.45, 7) is 0.418. The second-order valence-electron chi connectivity index (χ2n) is 5.79. The fourth-order valence-corrected chi connectivity index (χ4v) is 2.64. The molecular formula is C20H20N2O5. The van der Waals surface area contributed by atoms with Gasteiger partial charge in [0, 0.05) is 18.2 Å². The zero-order valence-electron chi connectivity index (χ0n) is 15.1. The van der Waals surface area contributed by atoms with E-state index in [9.17, 15) is 9.90 Å². The van der Waals surface area contributed by atoms with Gasteiger partial charge in [-0.2, -0.15) is 0 Å². The molecule has 3 aromatic rings. The number of aromatic hydroxyl groups is 1. The normalized spacial score (nSPS) is 10.4. The van der Waals surface area contributed by atoms with Crippen molar-refractivity contribution >= 4 is 5.91 Å². The third kappa shape index (κ3) is 4.20. The number of phenolic OH excluding ortho intramolecular Hbond substituents is 1. The topological polar surface area (TPSA) is 93.8 Å². The first-order valence-corrected chi connectivity index (χ1v) is 8.36. The number of amides is 1. The van der Waals surface area contributed by atoms with Gasteiger partial charge in [0.1, 0.15) is 11.4 Å². The van der Waals surface area contributed by atoms with Gasteiger partial charge in [0.05, 0.1) is 14.2 Å². The van der Waals surface area contributed by atoms with E-state index in [-0.39, 0.29) is 17.4 Å². The van der Waals surface area contributed by atoms with E-state index in [1.807, 2.05) is 18.2 Å². The average molecular weight is 368 g/mol. The minimum Gasteiger partial charge on any atom is -0.507 e. The molecule has 0 saturated heterocycles. The lowest BCUT2D eigenvalue weighted by atomic mass is 10.1. The van der Waals surface area contributed by atoms with Gasteiger partial charge < -0.3 is 24.4 Å². The summed E-state index contributed by atoms with van der Waals surface area (Å²) in [4.78, 5) is 12.2. The number of para-hydroxylation sites is 1. The number of aromatic nitrogens is 1. The summed E-state index contributed by atoms with van der Waals surface area (Å²) in [6, 6.07) is 13.8. The average Bonchev–Trinajstić information content (AvgIpc) is 3.18. The Labute approximate surface area is 156 Å². The van der Waals surface area contributed by atoms with E-state index in [2.05, 4.69) is 10.5 Å². The molecule has 2 aromatic carbocycles. The molecule has 0 aliphatic heterocycles. The molecule has 0 atom stereocenters. The summed E-state index contributed by atoms with van der Waals surface area (Å²) >= 11 is 0. The number of methoxy groups -OCH3 is 2. The number of hydrogen-bond acceptors (Lipinski definition) is 6. The number of hydrogen-bond donors (Lipinski definition) is 2. The van der Waals surface area contributed by atoms with Gasteiger partial charge in [0.25, 0.3) is 5.91 Å². The van der Waals surface area contributed by atoms with E-state index >= 15 is 0 Å². The van der Waals surface area contributed by atoms with Gasteiger partial charge in [0.15, 0.2) is 11.5 Å². The van der Waals surface area contributed by atoms with Crippen molar-refractivity contribution in [2.75, 3.05) is 20.8 Å². The van der Waals surface area contributed by atoms with E-state index in [0.29, 0.717) is 35.7 Å². The van der Waals surface area contributed by atoms with Gasteiger partial charge in [0.2, 0.25) is 5.76 Å². The van der Waals surface area contributed by atoms with E-state index in [1.165, 1.54) is 6.07 Å². The van der Waals surface area contributed by atoms with Crippen LogP contribution in [0.1, 0.15) is 16.1 Å². The van der Waals surface area contributed by atoms with Crippen LogP contribution in [0.25, 0.3) is 11.3 Å². The van der Waals surface area contributed by atoms with Gasteiger partial charge >= 0.3 is 0 Å². The van der Waals surface area contributed by atoms with E-state index in [0.717, 1.165) is 5.56 Å². The lowest BCUT2D eigenvalue weighted by Gasteiger charge is -2.09. The summed E-state index contributed by atoms with van der Waals surface area (Å²) in [6.07, 6.45) is 0.618. The molecular weight excluding hydrogens is 348 g/mol. The Hall–Kier alpha value is -3.48. The molecule has 0 aliphatic carbocycles. The second kappa shape index (κ2) is 8.27. The Bertz CT molecular complexity index is 936. The Morgan fingerprint density at radius 1 is 1.11 bits per heavy atom. The Morgan fingerprint density at radius 2 is 1.89 bits per heavy atom. The van der Waals surface area contributed by atoms with Gasteiger partial charge in [-0.1, -0.05) is 23.4 Å². The molecule has 0 saturated carbocycles. The Morgan fingerprint density at radius 3 is 2.63 bits per heavy atom. The number of ether oxygens (including phenoxy) is 2. The van der Waals surface area contributed by atoms with Crippen LogP contribution in [-0.2, 0) is 6.42 Å². The highest BCUT2D eigenvalue weighted by atomic mass is 16.5. The van der Waals surface area contributed by atoms with Crippen molar-refractivity contribution < 1.29 is 23.9 Å². The Balaban J connectivity index is 1.60. The highest BCUT2D eigenvalue weighted by Crippen LogP contribution is 2.28. The standard InChI is InChI=1S/C20H20N2O5/c1-25-17-8-7-13(11-18(17)26-2)9-10-21-20(24)19-12-15(22-27-19)14-5-3-4-6-16(14)23/h3-8,11-12,23H,9-10H2,1-2H3,(H,21,24). The first-order valence-electron chi connectivity index (χ1n) is 8.36.